The first kappa shape index (κ1) is 25.4. The van der Waals surface area contributed by atoms with Crippen molar-refractivity contribution in [2.24, 2.45) is 5.92 Å². The van der Waals surface area contributed by atoms with Gasteiger partial charge in [-0.3, -0.25) is 9.59 Å². The Balaban J connectivity index is 1.87. The molecule has 1 aliphatic carbocycles. The molecular weight excluding hydrogens is 438 g/mol. The first-order chi connectivity index (χ1) is 16.4. The second kappa shape index (κ2) is 11.8. The number of amides is 2. The van der Waals surface area contributed by atoms with Crippen molar-refractivity contribution in [1.29, 1.82) is 0 Å². The lowest BCUT2D eigenvalue weighted by molar-refractivity contribution is 0.0589. The predicted molar refractivity (Wildman–Crippen MR) is 127 cm³/mol. The number of nitrogens with one attached hydrogen (secondary N) is 1. The molecule has 186 valence electrons. The van der Waals surface area contributed by atoms with Crippen LogP contribution in [0.5, 0.6) is 17.2 Å². The highest BCUT2D eigenvalue weighted by Crippen LogP contribution is 2.39. The molecule has 2 aromatic rings. The summed E-state index contributed by atoms with van der Waals surface area (Å²) in [5.41, 5.74) is 0.633. The number of carbonyl (C=O) groups is 2. The molecule has 9 heteroatoms. The standard InChI is InChI=1S/C25H35N3O6/c1-16(2)14-26-24(29)20-13-19(34-27-20)15-28(18-9-7-6-8-10-18)25(30)17-11-21(31-3)23(33-5)22(12-17)32-4/h11-13,16,18H,6-10,14-15H2,1-5H3,(H,26,29). The first-order valence-corrected chi connectivity index (χ1v) is 11.7. The number of carbonyl (C=O) groups excluding carboxylic acids is 2. The van der Waals surface area contributed by atoms with Gasteiger partial charge < -0.3 is 29.0 Å². The molecule has 0 unspecified atom stereocenters. The highest BCUT2D eigenvalue weighted by Gasteiger charge is 2.29. The Morgan fingerprint density at radius 1 is 1.06 bits per heavy atom. The summed E-state index contributed by atoms with van der Waals surface area (Å²) in [6, 6.07) is 4.98. The zero-order chi connectivity index (χ0) is 24.7. The fourth-order valence-corrected chi connectivity index (χ4v) is 4.18. The summed E-state index contributed by atoms with van der Waals surface area (Å²) in [6.45, 7) is 4.80. The van der Waals surface area contributed by atoms with E-state index in [1.807, 2.05) is 13.8 Å². The molecule has 1 saturated carbocycles. The molecule has 1 fully saturated rings. The van der Waals surface area contributed by atoms with Crippen molar-refractivity contribution in [3.63, 3.8) is 0 Å². The maximum atomic E-state index is 13.7. The maximum absolute atomic E-state index is 13.7. The molecule has 0 bridgehead atoms. The minimum Gasteiger partial charge on any atom is -0.493 e. The lowest BCUT2D eigenvalue weighted by Gasteiger charge is -2.34. The van der Waals surface area contributed by atoms with Gasteiger partial charge in [0.1, 0.15) is 0 Å². The number of hydrogen-bond acceptors (Lipinski definition) is 7. The first-order valence-electron chi connectivity index (χ1n) is 11.7. The van der Waals surface area contributed by atoms with Crippen LogP contribution < -0.4 is 19.5 Å². The smallest absolute Gasteiger partial charge is 0.273 e. The number of rotatable bonds is 10. The van der Waals surface area contributed by atoms with Crippen LogP contribution in [-0.2, 0) is 6.54 Å². The Morgan fingerprint density at radius 3 is 2.26 bits per heavy atom. The Kier molecular flexibility index (Phi) is 8.79. The monoisotopic (exact) mass is 473 g/mol. The number of nitrogens with zero attached hydrogens (tertiary/aromatic N) is 2. The van der Waals surface area contributed by atoms with Crippen LogP contribution in [0, 0.1) is 5.92 Å². The molecule has 1 aliphatic rings. The van der Waals surface area contributed by atoms with Crippen LogP contribution in [0.4, 0.5) is 0 Å². The van der Waals surface area contributed by atoms with E-state index in [1.165, 1.54) is 21.3 Å². The molecule has 0 aliphatic heterocycles. The van der Waals surface area contributed by atoms with Crippen molar-refractivity contribution < 1.29 is 28.3 Å². The molecule has 1 aromatic heterocycles. The Labute approximate surface area is 200 Å². The van der Waals surface area contributed by atoms with E-state index in [1.54, 1.807) is 23.1 Å². The van der Waals surface area contributed by atoms with E-state index in [0.717, 1.165) is 32.1 Å². The van der Waals surface area contributed by atoms with Gasteiger partial charge in [0.2, 0.25) is 5.75 Å². The van der Waals surface area contributed by atoms with Gasteiger partial charge in [-0.25, -0.2) is 0 Å². The van der Waals surface area contributed by atoms with Crippen LogP contribution in [0.1, 0.15) is 72.6 Å². The van der Waals surface area contributed by atoms with E-state index < -0.39 is 0 Å². The van der Waals surface area contributed by atoms with E-state index in [-0.39, 0.29) is 30.1 Å². The van der Waals surface area contributed by atoms with E-state index in [4.69, 9.17) is 18.7 Å². The zero-order valence-corrected chi connectivity index (χ0v) is 20.7. The largest absolute Gasteiger partial charge is 0.493 e. The maximum Gasteiger partial charge on any atom is 0.273 e. The van der Waals surface area contributed by atoms with Crippen LogP contribution in [0.3, 0.4) is 0 Å². The van der Waals surface area contributed by atoms with E-state index in [9.17, 15) is 9.59 Å². The van der Waals surface area contributed by atoms with Crippen molar-refractivity contribution in [3.05, 3.63) is 35.2 Å². The minimum atomic E-state index is -0.288. The Morgan fingerprint density at radius 2 is 1.71 bits per heavy atom. The second-order valence-corrected chi connectivity index (χ2v) is 8.92. The average molecular weight is 474 g/mol. The summed E-state index contributed by atoms with van der Waals surface area (Å²) in [6.07, 6.45) is 5.09. The molecule has 0 saturated heterocycles. The van der Waals surface area contributed by atoms with E-state index >= 15 is 0 Å². The fourth-order valence-electron chi connectivity index (χ4n) is 4.18. The average Bonchev–Trinajstić information content (AvgIpc) is 3.33. The molecule has 34 heavy (non-hydrogen) atoms. The lowest BCUT2D eigenvalue weighted by atomic mass is 9.93. The third-order valence-corrected chi connectivity index (χ3v) is 5.98. The van der Waals surface area contributed by atoms with Crippen molar-refractivity contribution >= 4 is 11.8 Å². The summed E-state index contributed by atoms with van der Waals surface area (Å²) in [5.74, 6) is 1.58. The highest BCUT2D eigenvalue weighted by atomic mass is 16.5. The van der Waals surface area contributed by atoms with Crippen LogP contribution in [0.15, 0.2) is 22.7 Å². The number of hydrogen-bond donors (Lipinski definition) is 1. The molecule has 0 radical (unpaired) electrons. The van der Waals surface area contributed by atoms with E-state index in [2.05, 4.69) is 10.5 Å². The van der Waals surface area contributed by atoms with Crippen molar-refractivity contribution in [2.75, 3.05) is 27.9 Å². The Bertz CT molecular complexity index is 956. The lowest BCUT2D eigenvalue weighted by Crippen LogP contribution is -2.41. The number of benzene rings is 1. The summed E-state index contributed by atoms with van der Waals surface area (Å²) in [4.78, 5) is 27.9. The van der Waals surface area contributed by atoms with Gasteiger partial charge in [0.15, 0.2) is 23.0 Å². The molecular formula is C25H35N3O6. The van der Waals surface area contributed by atoms with E-state index in [0.29, 0.717) is 41.0 Å². The van der Waals surface area contributed by atoms with Crippen LogP contribution in [0.2, 0.25) is 0 Å². The summed E-state index contributed by atoms with van der Waals surface area (Å²) < 4.78 is 21.7. The molecule has 1 heterocycles. The Hall–Kier alpha value is -3.23. The second-order valence-electron chi connectivity index (χ2n) is 8.92. The summed E-state index contributed by atoms with van der Waals surface area (Å²) in [5, 5.41) is 6.75. The number of aromatic nitrogens is 1. The quantitative estimate of drug-likeness (QED) is 0.555. The van der Waals surface area contributed by atoms with Gasteiger partial charge in [0.25, 0.3) is 11.8 Å². The third kappa shape index (κ3) is 6.01. The minimum absolute atomic E-state index is 0.0589. The SMILES string of the molecule is COc1cc(C(=O)N(Cc2cc(C(=O)NCC(C)C)no2)C2CCCCC2)cc(OC)c1OC. The molecule has 1 N–H and O–H groups in total. The molecule has 9 nitrogen and oxygen atoms in total. The van der Waals surface area contributed by atoms with Gasteiger partial charge >= 0.3 is 0 Å². The van der Waals surface area contributed by atoms with Crippen LogP contribution in [-0.4, -0.2) is 55.8 Å². The van der Waals surface area contributed by atoms with Gasteiger partial charge in [-0.2, -0.15) is 0 Å². The topological polar surface area (TPSA) is 103 Å². The molecule has 0 spiro atoms. The molecule has 2 amide bonds. The number of ether oxygens (including phenoxy) is 3. The van der Waals surface area contributed by atoms with Crippen LogP contribution >= 0.6 is 0 Å². The van der Waals surface area contributed by atoms with Crippen molar-refractivity contribution in [1.82, 2.24) is 15.4 Å². The predicted octanol–water partition coefficient (Wildman–Crippen LogP) is 4.06. The van der Waals surface area contributed by atoms with Crippen molar-refractivity contribution in [3.8, 4) is 17.2 Å². The van der Waals surface area contributed by atoms with Gasteiger partial charge in [-0.15, -0.1) is 0 Å². The normalized spacial score (nSPS) is 14.1. The fraction of sp³-hybridized carbons (Fsp3) is 0.560. The summed E-state index contributed by atoms with van der Waals surface area (Å²) >= 11 is 0. The zero-order valence-electron chi connectivity index (χ0n) is 20.7. The van der Waals surface area contributed by atoms with Crippen LogP contribution in [0.25, 0.3) is 0 Å². The third-order valence-electron chi connectivity index (χ3n) is 5.98. The highest BCUT2D eigenvalue weighted by molar-refractivity contribution is 5.96. The molecule has 1 aromatic carbocycles. The van der Waals surface area contributed by atoms with Gasteiger partial charge in [0.05, 0.1) is 27.9 Å². The summed E-state index contributed by atoms with van der Waals surface area (Å²) in [7, 11) is 4.56. The molecule has 0 atom stereocenters. The number of methoxy groups -OCH3 is 3. The van der Waals surface area contributed by atoms with Gasteiger partial charge in [-0.05, 0) is 30.9 Å². The van der Waals surface area contributed by atoms with Gasteiger partial charge in [-0.1, -0.05) is 38.3 Å². The van der Waals surface area contributed by atoms with Gasteiger partial charge in [0, 0.05) is 24.2 Å². The molecule has 3 rings (SSSR count). The van der Waals surface area contributed by atoms with Crippen molar-refractivity contribution in [2.45, 2.75) is 58.5 Å².